The number of methoxy groups -OCH3 is 1. The van der Waals surface area contributed by atoms with Crippen molar-refractivity contribution in [3.05, 3.63) is 56.4 Å². The summed E-state index contributed by atoms with van der Waals surface area (Å²) in [6, 6.07) is 8.92. The number of nitriles is 1. The molecule has 29 heavy (non-hydrogen) atoms. The number of aliphatic imine (C=N–C) groups is 1. The van der Waals surface area contributed by atoms with Gasteiger partial charge in [0.1, 0.15) is 16.8 Å². The number of fused-ring (bicyclic) bond motifs is 1. The molecule has 0 amide bonds. The van der Waals surface area contributed by atoms with Gasteiger partial charge in [0.25, 0.3) is 0 Å². The molecule has 9 heteroatoms. The van der Waals surface area contributed by atoms with Crippen LogP contribution in [0.5, 0.6) is 5.75 Å². The van der Waals surface area contributed by atoms with E-state index in [-0.39, 0.29) is 5.69 Å². The van der Waals surface area contributed by atoms with Crippen molar-refractivity contribution in [2.24, 2.45) is 10.9 Å². The Bertz CT molecular complexity index is 1180. The van der Waals surface area contributed by atoms with Crippen molar-refractivity contribution in [3.63, 3.8) is 0 Å². The second kappa shape index (κ2) is 7.56. The number of nitrogens with zero attached hydrogens (tertiary/aromatic N) is 3. The van der Waals surface area contributed by atoms with Gasteiger partial charge in [-0.25, -0.2) is 9.79 Å². The van der Waals surface area contributed by atoms with Crippen molar-refractivity contribution in [1.29, 1.82) is 5.26 Å². The number of thiophene rings is 1. The number of ether oxygens (including phenoxy) is 1. The van der Waals surface area contributed by atoms with Crippen molar-refractivity contribution < 1.29 is 19.0 Å². The highest BCUT2D eigenvalue weighted by Gasteiger charge is 2.27. The van der Waals surface area contributed by atoms with E-state index in [0.29, 0.717) is 27.9 Å². The first-order chi connectivity index (χ1) is 14.0. The highest BCUT2D eigenvalue weighted by atomic mass is 32.1. The summed E-state index contributed by atoms with van der Waals surface area (Å²) in [6.45, 7) is 2.17. The van der Waals surface area contributed by atoms with Gasteiger partial charge in [0.2, 0.25) is 5.69 Å². The number of aromatic amines is 1. The monoisotopic (exact) mass is 410 g/mol. The van der Waals surface area contributed by atoms with Crippen LogP contribution in [-0.4, -0.2) is 18.3 Å². The number of H-pyrrole nitrogens is 1. The first-order valence-corrected chi connectivity index (χ1v) is 9.92. The molecule has 0 aliphatic heterocycles. The zero-order chi connectivity index (χ0) is 20.5. The Morgan fingerprint density at radius 1 is 1.45 bits per heavy atom. The molecule has 1 N–H and O–H groups in total. The van der Waals surface area contributed by atoms with Crippen LogP contribution in [-0.2, 0) is 12.8 Å². The lowest BCUT2D eigenvalue weighted by molar-refractivity contribution is -0.673. The standard InChI is InChI=1S/C20H18N4O4S/c1-11-3-8-14-15(10-21)19(29-16(14)9-11)22-18(25)17-20(26)28-23-24(17)12-4-6-13(27-2)7-5-12/h4-7,11H,3,8-9H2,1-2H3,(H-,22,23,25,26). The fourth-order valence-electron chi connectivity index (χ4n) is 3.44. The highest BCUT2D eigenvalue weighted by Crippen LogP contribution is 2.40. The molecular formula is C20H18N4O4S. The first kappa shape index (κ1) is 19.0. The molecule has 1 unspecified atom stereocenters. The van der Waals surface area contributed by atoms with Crippen LogP contribution in [0.25, 0.3) is 5.69 Å². The second-order valence-electron chi connectivity index (χ2n) is 6.92. The zero-order valence-corrected chi connectivity index (χ0v) is 16.7. The van der Waals surface area contributed by atoms with E-state index in [1.807, 2.05) is 0 Å². The fourth-order valence-corrected chi connectivity index (χ4v) is 4.77. The van der Waals surface area contributed by atoms with Crippen molar-refractivity contribution in [2.75, 3.05) is 7.11 Å². The van der Waals surface area contributed by atoms with Gasteiger partial charge in [-0.2, -0.15) is 5.26 Å². The van der Waals surface area contributed by atoms with Crippen molar-refractivity contribution in [1.82, 2.24) is 5.27 Å². The van der Waals surface area contributed by atoms with Gasteiger partial charge in [-0.05, 0) is 52.8 Å². The number of benzene rings is 1. The molecule has 0 saturated carbocycles. The highest BCUT2D eigenvalue weighted by molar-refractivity contribution is 7.16. The lowest BCUT2D eigenvalue weighted by Crippen LogP contribution is -2.44. The SMILES string of the molecule is COc1ccc(-[n+]2[nH]oc(=O)c2/C([O-])=N/c2sc3c(c2C#N)CCC(C)C3)cc1. The van der Waals surface area contributed by atoms with E-state index in [4.69, 9.17) is 9.26 Å². The summed E-state index contributed by atoms with van der Waals surface area (Å²) in [7, 11) is 1.55. The number of nitrogens with one attached hydrogen (secondary N) is 1. The zero-order valence-electron chi connectivity index (χ0n) is 15.9. The lowest BCUT2D eigenvalue weighted by atomic mass is 9.89. The molecule has 0 bridgehead atoms. The maximum atomic E-state index is 12.9. The predicted molar refractivity (Wildman–Crippen MR) is 104 cm³/mol. The van der Waals surface area contributed by atoms with E-state index in [9.17, 15) is 15.2 Å². The molecule has 2 aromatic heterocycles. The summed E-state index contributed by atoms with van der Waals surface area (Å²) in [5, 5.41) is 25.2. The van der Waals surface area contributed by atoms with Crippen LogP contribution in [0, 0.1) is 17.2 Å². The van der Waals surface area contributed by atoms with Gasteiger partial charge < -0.3 is 9.84 Å². The fraction of sp³-hybridized carbons (Fsp3) is 0.300. The van der Waals surface area contributed by atoms with Crippen LogP contribution < -0.4 is 20.2 Å². The Morgan fingerprint density at radius 2 is 2.21 bits per heavy atom. The van der Waals surface area contributed by atoms with Gasteiger partial charge in [0.05, 0.1) is 18.6 Å². The van der Waals surface area contributed by atoms with E-state index >= 15 is 0 Å². The van der Waals surface area contributed by atoms with Crippen LogP contribution in [0.2, 0.25) is 0 Å². The van der Waals surface area contributed by atoms with Gasteiger partial charge in [-0.15, -0.1) is 11.3 Å². The average molecular weight is 410 g/mol. The number of hydrogen-bond donors (Lipinski definition) is 1. The Morgan fingerprint density at radius 3 is 2.90 bits per heavy atom. The van der Waals surface area contributed by atoms with Crippen LogP contribution in [0.15, 0.2) is 38.6 Å². The summed E-state index contributed by atoms with van der Waals surface area (Å²) in [4.78, 5) is 17.4. The number of aromatic nitrogens is 2. The van der Waals surface area contributed by atoms with Crippen molar-refractivity contribution >= 4 is 22.2 Å². The smallest absolute Gasteiger partial charge is 0.436 e. The average Bonchev–Trinajstić information content (AvgIpc) is 3.27. The molecule has 148 valence electrons. The maximum absolute atomic E-state index is 12.9. The largest absolute Gasteiger partial charge is 0.854 e. The van der Waals surface area contributed by atoms with E-state index in [2.05, 4.69) is 23.3 Å². The number of hydrogen-bond acceptors (Lipinski definition) is 7. The van der Waals surface area contributed by atoms with E-state index < -0.39 is 11.5 Å². The molecule has 4 rings (SSSR count). The third-order valence-electron chi connectivity index (χ3n) is 4.99. The summed E-state index contributed by atoms with van der Waals surface area (Å²) >= 11 is 1.35. The van der Waals surface area contributed by atoms with E-state index in [1.165, 1.54) is 16.0 Å². The van der Waals surface area contributed by atoms with E-state index in [1.54, 1.807) is 31.4 Å². The van der Waals surface area contributed by atoms with Gasteiger partial charge in [0.15, 0.2) is 0 Å². The normalized spacial score (nSPS) is 16.3. The van der Waals surface area contributed by atoms with Gasteiger partial charge >= 0.3 is 11.3 Å². The van der Waals surface area contributed by atoms with E-state index in [0.717, 1.165) is 29.7 Å². The molecular weight excluding hydrogens is 392 g/mol. The van der Waals surface area contributed by atoms with Gasteiger partial charge in [0, 0.05) is 17.0 Å². The van der Waals surface area contributed by atoms with Crippen molar-refractivity contribution in [3.8, 4) is 17.5 Å². The van der Waals surface area contributed by atoms with Crippen LogP contribution in [0.1, 0.15) is 35.0 Å². The molecule has 0 saturated heterocycles. The first-order valence-electron chi connectivity index (χ1n) is 9.10. The molecule has 0 spiro atoms. The molecule has 2 heterocycles. The summed E-state index contributed by atoms with van der Waals surface area (Å²) in [5.41, 5.74) is 0.823. The Labute approximate surface area is 170 Å². The second-order valence-corrected chi connectivity index (χ2v) is 8.01. The molecule has 1 aromatic carbocycles. The van der Waals surface area contributed by atoms with Gasteiger partial charge in [-0.1, -0.05) is 6.92 Å². The molecule has 8 nitrogen and oxygen atoms in total. The minimum absolute atomic E-state index is 0.265. The summed E-state index contributed by atoms with van der Waals surface area (Å²) < 4.78 is 11.2. The van der Waals surface area contributed by atoms with Crippen molar-refractivity contribution in [2.45, 2.75) is 26.2 Å². The minimum Gasteiger partial charge on any atom is -0.854 e. The quantitative estimate of drug-likeness (QED) is 0.399. The summed E-state index contributed by atoms with van der Waals surface area (Å²) in [5.74, 6) is 0.402. The van der Waals surface area contributed by atoms with Crippen LogP contribution in [0.3, 0.4) is 0 Å². The van der Waals surface area contributed by atoms with Crippen LogP contribution in [0.4, 0.5) is 5.00 Å². The Kier molecular flexibility index (Phi) is 4.94. The molecule has 1 aliphatic rings. The molecule has 1 aliphatic carbocycles. The topological polar surface area (TPSA) is 118 Å². The predicted octanol–water partition coefficient (Wildman–Crippen LogP) is 1.75. The lowest BCUT2D eigenvalue weighted by Gasteiger charge is -2.17. The molecule has 0 fully saturated rings. The van der Waals surface area contributed by atoms with Gasteiger partial charge in [-0.3, -0.25) is 4.52 Å². The molecule has 0 radical (unpaired) electrons. The summed E-state index contributed by atoms with van der Waals surface area (Å²) in [6.07, 6.45) is 2.68. The maximum Gasteiger partial charge on any atom is 0.436 e. The third-order valence-corrected chi connectivity index (χ3v) is 6.14. The Hall–Kier alpha value is -3.38. The minimum atomic E-state index is -0.831. The third kappa shape index (κ3) is 3.43. The molecule has 1 atom stereocenters. The molecule has 3 aromatic rings. The number of rotatable bonds is 4. The van der Waals surface area contributed by atoms with Crippen LogP contribution >= 0.6 is 11.3 Å². The Balaban J connectivity index is 1.77.